The minimum atomic E-state index is -1.08. The van der Waals surface area contributed by atoms with Crippen molar-refractivity contribution in [2.24, 2.45) is 0 Å². The van der Waals surface area contributed by atoms with Crippen molar-refractivity contribution in [2.45, 2.75) is 58.2 Å². The number of amides is 2. The van der Waals surface area contributed by atoms with E-state index in [9.17, 15) is 23.2 Å². The maximum absolute atomic E-state index is 14.8. The molecule has 8 nitrogen and oxygen atoms in total. The summed E-state index contributed by atoms with van der Waals surface area (Å²) in [6, 6.07) is 0. The highest BCUT2D eigenvalue weighted by atomic mass is 19.2. The fourth-order valence-corrected chi connectivity index (χ4v) is 3.65. The van der Waals surface area contributed by atoms with E-state index in [1.165, 1.54) is 0 Å². The smallest absolute Gasteiger partial charge is 0.414 e. The molecule has 1 aliphatic carbocycles. The summed E-state index contributed by atoms with van der Waals surface area (Å²) in [6.45, 7) is 5.90. The molecule has 0 bridgehead atoms. The predicted molar refractivity (Wildman–Crippen MR) is 103 cm³/mol. The van der Waals surface area contributed by atoms with Gasteiger partial charge in [-0.25, -0.2) is 18.4 Å². The van der Waals surface area contributed by atoms with Crippen LogP contribution in [0.5, 0.6) is 0 Å². The monoisotopic (exact) mass is 427 g/mol. The molecule has 0 saturated carbocycles. The van der Waals surface area contributed by atoms with Crippen LogP contribution in [0.15, 0.2) is 23.0 Å². The van der Waals surface area contributed by atoms with E-state index >= 15 is 0 Å². The molecule has 0 aromatic heterocycles. The minimum absolute atomic E-state index is 0.00177. The highest BCUT2D eigenvalue weighted by molar-refractivity contribution is 5.79. The van der Waals surface area contributed by atoms with E-state index in [2.05, 4.69) is 5.32 Å². The summed E-state index contributed by atoms with van der Waals surface area (Å²) in [4.78, 5) is 38.1. The first-order valence-electron chi connectivity index (χ1n) is 10.0. The number of ketones is 1. The number of nitrogens with one attached hydrogen (secondary N) is 1. The van der Waals surface area contributed by atoms with Crippen LogP contribution in [0.4, 0.5) is 18.4 Å². The number of rotatable bonds is 4. The molecular formula is C20H27F2N3O5. The Kier molecular flexibility index (Phi) is 6.33. The van der Waals surface area contributed by atoms with E-state index in [-0.39, 0.29) is 43.1 Å². The molecule has 3 rings (SSSR count). The molecule has 0 aromatic rings. The Morgan fingerprint density at radius 1 is 1.10 bits per heavy atom. The summed E-state index contributed by atoms with van der Waals surface area (Å²) in [6.07, 6.45) is -1.13. The van der Waals surface area contributed by atoms with Crippen LogP contribution in [-0.2, 0) is 14.3 Å². The van der Waals surface area contributed by atoms with Gasteiger partial charge in [0, 0.05) is 25.9 Å². The highest BCUT2D eigenvalue weighted by Crippen LogP contribution is 2.37. The van der Waals surface area contributed by atoms with Crippen molar-refractivity contribution >= 4 is 18.0 Å². The molecule has 1 atom stereocenters. The van der Waals surface area contributed by atoms with E-state index in [0.717, 1.165) is 4.90 Å². The number of alkyl carbamates (subject to hydrolysis) is 1. The Balaban J connectivity index is 1.63. The second-order valence-electron chi connectivity index (χ2n) is 8.55. The van der Waals surface area contributed by atoms with Crippen LogP contribution in [0, 0.1) is 0 Å². The van der Waals surface area contributed by atoms with Gasteiger partial charge in [0.1, 0.15) is 17.5 Å². The number of cyclic esters (lactones) is 1. The van der Waals surface area contributed by atoms with Gasteiger partial charge in [0.15, 0.2) is 11.7 Å². The maximum Gasteiger partial charge on any atom is 0.414 e. The number of hydrogen-bond donors (Lipinski definition) is 1. The molecule has 2 amide bonds. The summed E-state index contributed by atoms with van der Waals surface area (Å²) >= 11 is 0. The SMILES string of the molecule is CC(C)(C)OC(=O)NCC1CN(C2=C(F)C(F)=C(N3CCC(=O)CC3)CC2)C(=O)O1. The topological polar surface area (TPSA) is 88.2 Å². The molecular weight excluding hydrogens is 400 g/mol. The molecule has 1 N–H and O–H groups in total. The van der Waals surface area contributed by atoms with Crippen molar-refractivity contribution < 1.29 is 32.6 Å². The van der Waals surface area contributed by atoms with Crippen LogP contribution in [0.2, 0.25) is 0 Å². The quantitative estimate of drug-likeness (QED) is 0.742. The third kappa shape index (κ3) is 5.09. The van der Waals surface area contributed by atoms with E-state index in [1.54, 1.807) is 25.7 Å². The van der Waals surface area contributed by atoms with E-state index in [0.29, 0.717) is 25.9 Å². The zero-order chi connectivity index (χ0) is 22.1. The van der Waals surface area contributed by atoms with Crippen LogP contribution in [0.25, 0.3) is 0 Å². The van der Waals surface area contributed by atoms with Crippen molar-refractivity contribution in [2.75, 3.05) is 26.2 Å². The van der Waals surface area contributed by atoms with Crippen LogP contribution in [0.1, 0.15) is 46.5 Å². The molecule has 2 saturated heterocycles. The van der Waals surface area contributed by atoms with Gasteiger partial charge in [-0.3, -0.25) is 9.69 Å². The lowest BCUT2D eigenvalue weighted by Gasteiger charge is -2.33. The van der Waals surface area contributed by atoms with Gasteiger partial charge in [-0.05, 0) is 33.6 Å². The van der Waals surface area contributed by atoms with E-state index < -0.39 is 35.5 Å². The first-order valence-corrected chi connectivity index (χ1v) is 10.0. The van der Waals surface area contributed by atoms with E-state index in [4.69, 9.17) is 9.47 Å². The largest absolute Gasteiger partial charge is 0.444 e. The molecule has 2 heterocycles. The molecule has 3 aliphatic rings. The molecule has 2 aliphatic heterocycles. The molecule has 166 valence electrons. The lowest BCUT2D eigenvalue weighted by atomic mass is 10.0. The van der Waals surface area contributed by atoms with Gasteiger partial charge in [-0.2, -0.15) is 0 Å². The molecule has 0 aromatic carbocycles. The normalized spacial score (nSPS) is 23.2. The summed E-state index contributed by atoms with van der Waals surface area (Å²) in [7, 11) is 0. The second-order valence-corrected chi connectivity index (χ2v) is 8.55. The number of piperidine rings is 1. The van der Waals surface area contributed by atoms with Crippen LogP contribution in [0.3, 0.4) is 0 Å². The molecule has 0 spiro atoms. The fourth-order valence-electron chi connectivity index (χ4n) is 3.65. The van der Waals surface area contributed by atoms with Crippen molar-refractivity contribution in [3.05, 3.63) is 23.0 Å². The second kappa shape index (κ2) is 8.61. The predicted octanol–water partition coefficient (Wildman–Crippen LogP) is 3.15. The fraction of sp³-hybridized carbons (Fsp3) is 0.650. The Morgan fingerprint density at radius 2 is 1.70 bits per heavy atom. The first-order chi connectivity index (χ1) is 14.0. The average molecular weight is 427 g/mol. The average Bonchev–Trinajstić information content (AvgIpc) is 3.02. The first kappa shape index (κ1) is 22.0. The Labute approximate surface area is 173 Å². The van der Waals surface area contributed by atoms with Crippen LogP contribution in [-0.4, -0.2) is 65.7 Å². The zero-order valence-electron chi connectivity index (χ0n) is 17.4. The van der Waals surface area contributed by atoms with Gasteiger partial charge < -0.3 is 19.7 Å². The van der Waals surface area contributed by atoms with Gasteiger partial charge in [-0.1, -0.05) is 0 Å². The summed E-state index contributed by atoms with van der Waals surface area (Å²) < 4.78 is 39.8. The Morgan fingerprint density at radius 3 is 2.33 bits per heavy atom. The molecule has 30 heavy (non-hydrogen) atoms. The molecule has 10 heteroatoms. The third-order valence-corrected chi connectivity index (χ3v) is 5.07. The summed E-state index contributed by atoms with van der Waals surface area (Å²) in [5.74, 6) is -1.95. The van der Waals surface area contributed by atoms with Crippen LogP contribution < -0.4 is 5.32 Å². The minimum Gasteiger partial charge on any atom is -0.444 e. The molecule has 2 fully saturated rings. The van der Waals surface area contributed by atoms with Crippen LogP contribution >= 0.6 is 0 Å². The van der Waals surface area contributed by atoms with Crippen molar-refractivity contribution in [3.8, 4) is 0 Å². The number of carbonyl (C=O) groups is 3. The Bertz CT molecular complexity index is 793. The number of ether oxygens (including phenoxy) is 2. The maximum atomic E-state index is 14.8. The van der Waals surface area contributed by atoms with Gasteiger partial charge in [0.2, 0.25) is 0 Å². The zero-order valence-corrected chi connectivity index (χ0v) is 17.4. The van der Waals surface area contributed by atoms with Gasteiger partial charge in [0.25, 0.3) is 0 Å². The van der Waals surface area contributed by atoms with Crippen molar-refractivity contribution in [1.29, 1.82) is 0 Å². The van der Waals surface area contributed by atoms with Crippen molar-refractivity contribution in [3.63, 3.8) is 0 Å². The van der Waals surface area contributed by atoms with Gasteiger partial charge in [-0.15, -0.1) is 0 Å². The van der Waals surface area contributed by atoms with Gasteiger partial charge >= 0.3 is 12.2 Å². The van der Waals surface area contributed by atoms with Crippen molar-refractivity contribution in [1.82, 2.24) is 15.1 Å². The number of allylic oxidation sites excluding steroid dienone is 4. The number of halogens is 2. The lowest BCUT2D eigenvalue weighted by molar-refractivity contribution is -0.121. The standard InChI is InChI=1S/C20H27F2N3O5/c1-20(2,3)30-18(27)23-10-13-11-25(19(28)29-13)15-5-4-14(16(21)17(15)22)24-8-6-12(26)7-9-24/h13H,4-11H2,1-3H3,(H,23,27). The lowest BCUT2D eigenvalue weighted by Crippen LogP contribution is -2.38. The highest BCUT2D eigenvalue weighted by Gasteiger charge is 2.38. The summed E-state index contributed by atoms with van der Waals surface area (Å²) in [5, 5.41) is 2.51. The number of likely N-dealkylation sites (tertiary alicyclic amines) is 1. The number of hydrogen-bond acceptors (Lipinski definition) is 6. The number of Topliss-reactive ketones (excluding diaryl/α,β-unsaturated/α-hetero) is 1. The number of carbonyl (C=O) groups excluding carboxylic acids is 3. The Hall–Kier alpha value is -2.65. The number of nitrogens with zero attached hydrogens (tertiary/aromatic N) is 2. The van der Waals surface area contributed by atoms with Gasteiger partial charge in [0.05, 0.1) is 24.5 Å². The summed E-state index contributed by atoms with van der Waals surface area (Å²) in [5.41, 5.74) is -0.490. The molecule has 1 unspecified atom stereocenters. The van der Waals surface area contributed by atoms with E-state index in [1.807, 2.05) is 0 Å². The third-order valence-electron chi connectivity index (χ3n) is 5.07. The molecule has 0 radical (unpaired) electrons.